The van der Waals surface area contributed by atoms with Crippen LogP contribution < -0.4 is 5.32 Å². The number of aliphatic carboxylic acids is 1. The molecule has 7 heteroatoms. The molecule has 0 unspecified atom stereocenters. The number of carboxylic acid groups (broad SMARTS) is 1. The third-order valence-corrected chi connectivity index (χ3v) is 4.94. The van der Waals surface area contributed by atoms with Crippen LogP contribution in [0.25, 0.3) is 0 Å². The maximum Gasteiger partial charge on any atom is 0.310 e. The normalized spacial score (nSPS) is 18.3. The number of aromatic nitrogens is 1. The Bertz CT molecular complexity index is 735. The molecule has 1 fully saturated rings. The van der Waals surface area contributed by atoms with Crippen LogP contribution in [0.3, 0.4) is 0 Å². The molecular formula is C17H18N2O4S. The van der Waals surface area contributed by atoms with Gasteiger partial charge in [-0.3, -0.25) is 9.59 Å². The van der Waals surface area contributed by atoms with Gasteiger partial charge in [-0.2, -0.15) is 0 Å². The van der Waals surface area contributed by atoms with E-state index in [0.29, 0.717) is 16.9 Å². The number of benzene rings is 1. The van der Waals surface area contributed by atoms with E-state index in [1.54, 1.807) is 36.6 Å². The molecule has 2 N–H and O–H groups in total. The van der Waals surface area contributed by atoms with Crippen LogP contribution in [0.4, 0.5) is 5.69 Å². The molecule has 1 saturated heterocycles. The minimum Gasteiger partial charge on any atom is -0.481 e. The van der Waals surface area contributed by atoms with Crippen molar-refractivity contribution in [3.05, 3.63) is 45.9 Å². The molecule has 0 bridgehead atoms. The van der Waals surface area contributed by atoms with Crippen molar-refractivity contribution < 1.29 is 19.4 Å². The lowest BCUT2D eigenvalue weighted by molar-refractivity contribution is -0.138. The summed E-state index contributed by atoms with van der Waals surface area (Å²) in [6.45, 7) is 2.37. The van der Waals surface area contributed by atoms with Crippen LogP contribution in [-0.2, 0) is 9.53 Å². The fourth-order valence-corrected chi connectivity index (χ4v) is 3.39. The molecule has 1 amide bonds. The van der Waals surface area contributed by atoms with Gasteiger partial charge in [0.05, 0.1) is 5.92 Å². The SMILES string of the molecule is C[C@H](C(=O)O)c1ccc(NC(=O)c2csc([C@@H]3CCCO3)n2)cc1. The highest BCUT2D eigenvalue weighted by Crippen LogP contribution is 2.30. The van der Waals surface area contributed by atoms with Crippen molar-refractivity contribution >= 4 is 28.9 Å². The van der Waals surface area contributed by atoms with Crippen molar-refractivity contribution in [2.75, 3.05) is 11.9 Å². The standard InChI is InChI=1S/C17H18N2O4S/c1-10(17(21)22)11-4-6-12(7-5-11)18-15(20)13-9-24-16(19-13)14-3-2-8-23-14/h4-7,9-10,14H,2-3,8H2,1H3,(H,18,20)(H,21,22)/t10-,14-/m0/s1. The number of anilines is 1. The van der Waals surface area contributed by atoms with Gasteiger partial charge in [0.2, 0.25) is 0 Å². The van der Waals surface area contributed by atoms with E-state index in [4.69, 9.17) is 9.84 Å². The van der Waals surface area contributed by atoms with Gasteiger partial charge in [0.1, 0.15) is 16.8 Å². The Morgan fingerprint density at radius 2 is 2.12 bits per heavy atom. The summed E-state index contributed by atoms with van der Waals surface area (Å²) < 4.78 is 5.57. The van der Waals surface area contributed by atoms with Crippen LogP contribution in [0.15, 0.2) is 29.6 Å². The van der Waals surface area contributed by atoms with Gasteiger partial charge in [-0.1, -0.05) is 12.1 Å². The molecule has 1 aromatic heterocycles. The summed E-state index contributed by atoms with van der Waals surface area (Å²) >= 11 is 1.43. The third kappa shape index (κ3) is 3.63. The Morgan fingerprint density at radius 1 is 1.38 bits per heavy atom. The van der Waals surface area contributed by atoms with Gasteiger partial charge in [0, 0.05) is 17.7 Å². The number of carboxylic acids is 1. The van der Waals surface area contributed by atoms with E-state index in [1.165, 1.54) is 11.3 Å². The third-order valence-electron chi connectivity index (χ3n) is 4.00. The van der Waals surface area contributed by atoms with E-state index in [9.17, 15) is 9.59 Å². The molecule has 1 aliphatic heterocycles. The predicted octanol–water partition coefficient (Wildman–Crippen LogP) is 3.44. The summed E-state index contributed by atoms with van der Waals surface area (Å²) in [7, 11) is 0. The Kier molecular flexibility index (Phi) is 4.92. The first-order valence-electron chi connectivity index (χ1n) is 7.75. The van der Waals surface area contributed by atoms with Gasteiger partial charge < -0.3 is 15.2 Å². The van der Waals surface area contributed by atoms with E-state index in [2.05, 4.69) is 10.3 Å². The molecule has 126 valence electrons. The summed E-state index contributed by atoms with van der Waals surface area (Å²) in [6, 6.07) is 6.79. The van der Waals surface area contributed by atoms with Crippen molar-refractivity contribution in [2.24, 2.45) is 0 Å². The summed E-state index contributed by atoms with van der Waals surface area (Å²) in [5.74, 6) is -1.74. The molecule has 24 heavy (non-hydrogen) atoms. The Morgan fingerprint density at radius 3 is 2.75 bits per heavy atom. The van der Waals surface area contributed by atoms with E-state index < -0.39 is 11.9 Å². The van der Waals surface area contributed by atoms with Gasteiger partial charge in [0.25, 0.3) is 5.91 Å². The van der Waals surface area contributed by atoms with Gasteiger partial charge in [-0.15, -0.1) is 11.3 Å². The molecule has 0 radical (unpaired) electrons. The van der Waals surface area contributed by atoms with Crippen molar-refractivity contribution in [2.45, 2.75) is 31.8 Å². The molecule has 1 aliphatic rings. The number of amides is 1. The zero-order chi connectivity index (χ0) is 17.1. The number of hydrogen-bond acceptors (Lipinski definition) is 5. The highest BCUT2D eigenvalue weighted by molar-refractivity contribution is 7.09. The molecule has 2 heterocycles. The number of ether oxygens (including phenoxy) is 1. The first-order valence-corrected chi connectivity index (χ1v) is 8.63. The van der Waals surface area contributed by atoms with Crippen LogP contribution in [-0.4, -0.2) is 28.6 Å². The lowest BCUT2D eigenvalue weighted by Crippen LogP contribution is -2.13. The smallest absolute Gasteiger partial charge is 0.310 e. The van der Waals surface area contributed by atoms with Gasteiger partial charge in [-0.05, 0) is 37.5 Å². The largest absolute Gasteiger partial charge is 0.481 e. The highest BCUT2D eigenvalue weighted by atomic mass is 32.1. The molecule has 0 spiro atoms. The quantitative estimate of drug-likeness (QED) is 0.866. The number of thiazole rings is 1. The lowest BCUT2D eigenvalue weighted by Gasteiger charge is -2.08. The van der Waals surface area contributed by atoms with E-state index in [-0.39, 0.29) is 12.0 Å². The van der Waals surface area contributed by atoms with Crippen LogP contribution in [0.2, 0.25) is 0 Å². The zero-order valence-electron chi connectivity index (χ0n) is 13.2. The molecule has 2 aromatic rings. The number of nitrogens with zero attached hydrogens (tertiary/aromatic N) is 1. The maximum absolute atomic E-state index is 12.3. The van der Waals surface area contributed by atoms with Gasteiger partial charge in [-0.25, -0.2) is 4.98 Å². The van der Waals surface area contributed by atoms with E-state index in [0.717, 1.165) is 24.5 Å². The second kappa shape index (κ2) is 7.11. The van der Waals surface area contributed by atoms with Crippen LogP contribution in [0.1, 0.15) is 52.8 Å². The van der Waals surface area contributed by atoms with Gasteiger partial charge in [0.15, 0.2) is 0 Å². The van der Waals surface area contributed by atoms with Crippen molar-refractivity contribution in [1.29, 1.82) is 0 Å². The molecule has 6 nitrogen and oxygen atoms in total. The zero-order valence-corrected chi connectivity index (χ0v) is 14.0. The summed E-state index contributed by atoms with van der Waals surface area (Å²) in [5.41, 5.74) is 1.66. The minimum absolute atomic E-state index is 0.00772. The van der Waals surface area contributed by atoms with E-state index in [1.807, 2.05) is 0 Å². The second-order valence-corrected chi connectivity index (χ2v) is 6.60. The molecule has 1 aromatic carbocycles. The second-order valence-electron chi connectivity index (χ2n) is 5.71. The summed E-state index contributed by atoms with van der Waals surface area (Å²) in [5, 5.41) is 14.3. The molecule has 0 aliphatic carbocycles. The van der Waals surface area contributed by atoms with Crippen LogP contribution in [0.5, 0.6) is 0 Å². The summed E-state index contributed by atoms with van der Waals surface area (Å²) in [4.78, 5) is 27.6. The molecule has 0 saturated carbocycles. The first-order chi connectivity index (χ1) is 11.5. The fourth-order valence-electron chi connectivity index (χ4n) is 2.51. The average molecular weight is 346 g/mol. The van der Waals surface area contributed by atoms with Gasteiger partial charge >= 0.3 is 5.97 Å². The Hall–Kier alpha value is -2.25. The van der Waals surface area contributed by atoms with Crippen molar-refractivity contribution in [1.82, 2.24) is 4.98 Å². The summed E-state index contributed by atoms with van der Waals surface area (Å²) in [6.07, 6.45) is 1.97. The Labute approximate surface area is 143 Å². The predicted molar refractivity (Wildman–Crippen MR) is 90.5 cm³/mol. The maximum atomic E-state index is 12.3. The fraction of sp³-hybridized carbons (Fsp3) is 0.353. The molecular weight excluding hydrogens is 328 g/mol. The number of carbonyl (C=O) groups is 2. The highest BCUT2D eigenvalue weighted by Gasteiger charge is 2.22. The van der Waals surface area contributed by atoms with E-state index >= 15 is 0 Å². The van der Waals surface area contributed by atoms with Crippen LogP contribution >= 0.6 is 11.3 Å². The minimum atomic E-state index is -0.879. The van der Waals surface area contributed by atoms with Crippen LogP contribution in [0, 0.1) is 0 Å². The lowest BCUT2D eigenvalue weighted by atomic mass is 10.0. The first kappa shape index (κ1) is 16.6. The number of hydrogen-bond donors (Lipinski definition) is 2. The molecule has 2 atom stereocenters. The van der Waals surface area contributed by atoms with Crippen molar-refractivity contribution in [3.63, 3.8) is 0 Å². The monoisotopic (exact) mass is 346 g/mol. The number of carbonyl (C=O) groups excluding carboxylic acids is 1. The topological polar surface area (TPSA) is 88.5 Å². The molecule has 3 rings (SSSR count). The number of nitrogens with one attached hydrogen (secondary N) is 1. The van der Waals surface area contributed by atoms with Crippen molar-refractivity contribution in [3.8, 4) is 0 Å². The Balaban J connectivity index is 1.65. The average Bonchev–Trinajstić information content (AvgIpc) is 3.26. The number of rotatable bonds is 5.